The second-order valence-electron chi connectivity index (χ2n) is 3.99. The van der Waals surface area contributed by atoms with Gasteiger partial charge in [0.05, 0.1) is 4.92 Å². The van der Waals surface area contributed by atoms with Crippen LogP contribution in [-0.4, -0.2) is 15.7 Å². The van der Waals surface area contributed by atoms with E-state index in [1.54, 1.807) is 0 Å². The minimum Gasteiger partial charge on any atom is -0.453 e. The van der Waals surface area contributed by atoms with Crippen LogP contribution in [0.5, 0.6) is 0 Å². The molecule has 0 unspecified atom stereocenters. The molecule has 0 bridgehead atoms. The lowest BCUT2D eigenvalue weighted by atomic mass is 10.2. The SMILES string of the molecule is Nc1nc(C(=O)c2cc3cc([N+](=O)[O-])ccc3o2)cs1. The molecule has 2 N–H and O–H groups in total. The summed E-state index contributed by atoms with van der Waals surface area (Å²) in [5.74, 6) is -0.331. The van der Waals surface area contributed by atoms with Gasteiger partial charge in [-0.2, -0.15) is 0 Å². The number of nitrogens with two attached hydrogens (primary N) is 1. The Kier molecular flexibility index (Phi) is 2.72. The number of carbonyl (C=O) groups is 1. The van der Waals surface area contributed by atoms with Crippen molar-refractivity contribution in [3.05, 3.63) is 51.2 Å². The molecule has 100 valence electrons. The van der Waals surface area contributed by atoms with Crippen molar-refractivity contribution in [1.82, 2.24) is 4.98 Å². The van der Waals surface area contributed by atoms with Crippen molar-refractivity contribution >= 4 is 38.9 Å². The quantitative estimate of drug-likeness (QED) is 0.450. The maximum absolute atomic E-state index is 12.1. The molecule has 7 nitrogen and oxygen atoms in total. The van der Waals surface area contributed by atoms with E-state index >= 15 is 0 Å². The van der Waals surface area contributed by atoms with Crippen LogP contribution in [0.25, 0.3) is 11.0 Å². The number of nitrogen functional groups attached to an aromatic ring is 1. The molecular weight excluding hydrogens is 282 g/mol. The Morgan fingerprint density at radius 1 is 1.40 bits per heavy atom. The first-order chi connectivity index (χ1) is 9.54. The Hall–Kier alpha value is -2.74. The zero-order chi connectivity index (χ0) is 14.3. The van der Waals surface area contributed by atoms with Crippen molar-refractivity contribution < 1.29 is 14.1 Å². The predicted octanol–water partition coefficient (Wildman–Crippen LogP) is 2.61. The molecule has 0 aliphatic heterocycles. The molecule has 0 amide bonds. The highest BCUT2D eigenvalue weighted by molar-refractivity contribution is 7.13. The molecule has 0 fully saturated rings. The average molecular weight is 289 g/mol. The van der Waals surface area contributed by atoms with Crippen molar-refractivity contribution in [2.45, 2.75) is 0 Å². The maximum atomic E-state index is 12.1. The minimum absolute atomic E-state index is 0.0600. The van der Waals surface area contributed by atoms with Crippen molar-refractivity contribution in [2.75, 3.05) is 5.73 Å². The Bertz CT molecular complexity index is 836. The molecule has 0 atom stereocenters. The number of hydrogen-bond donors (Lipinski definition) is 1. The molecule has 2 aromatic heterocycles. The fraction of sp³-hybridized carbons (Fsp3) is 0. The number of hydrogen-bond acceptors (Lipinski definition) is 7. The lowest BCUT2D eigenvalue weighted by Crippen LogP contribution is -2.00. The number of nitro benzene ring substituents is 1. The summed E-state index contributed by atoms with van der Waals surface area (Å²) < 4.78 is 5.38. The average Bonchev–Trinajstić information content (AvgIpc) is 3.02. The third-order valence-corrected chi connectivity index (χ3v) is 3.36. The van der Waals surface area contributed by atoms with Gasteiger partial charge in [0.15, 0.2) is 10.9 Å². The number of ketones is 1. The van der Waals surface area contributed by atoms with E-state index in [1.807, 2.05) is 0 Å². The summed E-state index contributed by atoms with van der Waals surface area (Å²) in [5.41, 5.74) is 6.01. The Balaban J connectivity index is 2.04. The van der Waals surface area contributed by atoms with E-state index in [1.165, 1.54) is 29.6 Å². The highest BCUT2D eigenvalue weighted by atomic mass is 32.1. The number of nitrogens with zero attached hydrogens (tertiary/aromatic N) is 2. The van der Waals surface area contributed by atoms with Gasteiger partial charge < -0.3 is 10.2 Å². The number of carbonyl (C=O) groups excluding carboxylic acids is 1. The molecule has 0 saturated heterocycles. The lowest BCUT2D eigenvalue weighted by molar-refractivity contribution is -0.384. The second-order valence-corrected chi connectivity index (χ2v) is 4.88. The molecule has 0 saturated carbocycles. The normalized spacial score (nSPS) is 10.8. The van der Waals surface area contributed by atoms with Crippen molar-refractivity contribution in [2.24, 2.45) is 0 Å². The van der Waals surface area contributed by atoms with E-state index < -0.39 is 10.7 Å². The molecule has 3 aromatic rings. The van der Waals surface area contributed by atoms with Gasteiger partial charge in [-0.25, -0.2) is 4.98 Å². The zero-order valence-corrected chi connectivity index (χ0v) is 10.7. The number of fused-ring (bicyclic) bond motifs is 1. The number of aromatic nitrogens is 1. The highest BCUT2D eigenvalue weighted by Crippen LogP contribution is 2.26. The Morgan fingerprint density at radius 3 is 2.85 bits per heavy atom. The number of furan rings is 1. The summed E-state index contributed by atoms with van der Waals surface area (Å²) in [7, 11) is 0. The van der Waals surface area contributed by atoms with Crippen LogP contribution in [0.15, 0.2) is 34.1 Å². The van der Waals surface area contributed by atoms with Crippen LogP contribution in [0.3, 0.4) is 0 Å². The van der Waals surface area contributed by atoms with Crippen LogP contribution in [0.1, 0.15) is 16.2 Å². The Morgan fingerprint density at radius 2 is 2.20 bits per heavy atom. The van der Waals surface area contributed by atoms with Crippen LogP contribution in [0.2, 0.25) is 0 Å². The van der Waals surface area contributed by atoms with Crippen molar-refractivity contribution in [3.63, 3.8) is 0 Å². The van der Waals surface area contributed by atoms with Gasteiger partial charge in [-0.05, 0) is 12.1 Å². The first-order valence-electron chi connectivity index (χ1n) is 5.48. The van der Waals surface area contributed by atoms with E-state index in [9.17, 15) is 14.9 Å². The lowest BCUT2D eigenvalue weighted by Gasteiger charge is -1.90. The molecule has 0 radical (unpaired) electrons. The first kappa shape index (κ1) is 12.3. The second kappa shape index (κ2) is 4.42. The van der Waals surface area contributed by atoms with E-state index in [0.29, 0.717) is 16.1 Å². The summed E-state index contributed by atoms with van der Waals surface area (Å²) in [6.07, 6.45) is 0. The molecule has 0 aliphatic carbocycles. The molecule has 3 rings (SSSR count). The predicted molar refractivity (Wildman–Crippen MR) is 72.8 cm³/mol. The van der Waals surface area contributed by atoms with Crippen LogP contribution in [0.4, 0.5) is 10.8 Å². The molecular formula is C12H7N3O4S. The third kappa shape index (κ3) is 2.01. The highest BCUT2D eigenvalue weighted by Gasteiger charge is 2.18. The van der Waals surface area contributed by atoms with E-state index in [4.69, 9.17) is 10.2 Å². The van der Waals surface area contributed by atoms with Gasteiger partial charge in [0, 0.05) is 22.9 Å². The van der Waals surface area contributed by atoms with Gasteiger partial charge in [-0.1, -0.05) is 0 Å². The molecule has 8 heteroatoms. The van der Waals surface area contributed by atoms with Gasteiger partial charge in [-0.3, -0.25) is 14.9 Å². The summed E-state index contributed by atoms with van der Waals surface area (Å²) in [6, 6.07) is 5.59. The summed E-state index contributed by atoms with van der Waals surface area (Å²) in [4.78, 5) is 26.2. The fourth-order valence-corrected chi connectivity index (χ4v) is 2.32. The number of non-ortho nitro benzene ring substituents is 1. The molecule has 0 spiro atoms. The molecule has 20 heavy (non-hydrogen) atoms. The first-order valence-corrected chi connectivity index (χ1v) is 6.36. The van der Waals surface area contributed by atoms with Crippen molar-refractivity contribution in [3.8, 4) is 0 Å². The van der Waals surface area contributed by atoms with Gasteiger partial charge in [0.2, 0.25) is 5.78 Å². The Labute approximate surface area is 115 Å². The topological polar surface area (TPSA) is 112 Å². The minimum atomic E-state index is -0.505. The number of thiazole rings is 1. The summed E-state index contributed by atoms with van der Waals surface area (Å²) in [6.45, 7) is 0. The smallest absolute Gasteiger partial charge is 0.270 e. The van der Waals surface area contributed by atoms with Gasteiger partial charge in [-0.15, -0.1) is 11.3 Å². The standard InChI is InChI=1S/C12H7N3O4S/c13-12-14-8(5-20-12)11(16)10-4-6-3-7(15(17)18)1-2-9(6)19-10/h1-5H,(H2,13,14). The van der Waals surface area contributed by atoms with E-state index in [0.717, 1.165) is 11.3 Å². The largest absolute Gasteiger partial charge is 0.453 e. The molecule has 1 aromatic carbocycles. The summed E-state index contributed by atoms with van der Waals surface area (Å²) in [5, 5.41) is 13.0. The maximum Gasteiger partial charge on any atom is 0.270 e. The molecule has 0 aliphatic rings. The third-order valence-electron chi connectivity index (χ3n) is 2.69. The number of nitro groups is 1. The van der Waals surface area contributed by atoms with Gasteiger partial charge in [0.1, 0.15) is 11.3 Å². The van der Waals surface area contributed by atoms with Crippen LogP contribution in [-0.2, 0) is 0 Å². The van der Waals surface area contributed by atoms with Crippen LogP contribution in [0, 0.1) is 10.1 Å². The molecule has 2 heterocycles. The van der Waals surface area contributed by atoms with Gasteiger partial charge >= 0.3 is 0 Å². The van der Waals surface area contributed by atoms with E-state index in [2.05, 4.69) is 4.98 Å². The van der Waals surface area contributed by atoms with E-state index in [-0.39, 0.29) is 17.1 Å². The van der Waals surface area contributed by atoms with Crippen LogP contribution < -0.4 is 5.73 Å². The number of anilines is 1. The monoisotopic (exact) mass is 289 g/mol. The fourth-order valence-electron chi connectivity index (χ4n) is 1.77. The van der Waals surface area contributed by atoms with Gasteiger partial charge in [0.25, 0.3) is 5.69 Å². The number of rotatable bonds is 3. The summed E-state index contributed by atoms with van der Waals surface area (Å²) >= 11 is 1.16. The van der Waals surface area contributed by atoms with Crippen molar-refractivity contribution in [1.29, 1.82) is 0 Å². The zero-order valence-electron chi connectivity index (χ0n) is 9.90. The number of benzene rings is 1. The van der Waals surface area contributed by atoms with Crippen LogP contribution >= 0.6 is 11.3 Å².